The molecule has 0 radical (unpaired) electrons. The van der Waals surface area contributed by atoms with Crippen LogP contribution in [-0.2, 0) is 10.4 Å². The van der Waals surface area contributed by atoms with Crippen LogP contribution >= 0.6 is 0 Å². The van der Waals surface area contributed by atoms with Crippen molar-refractivity contribution in [1.29, 1.82) is 0 Å². The lowest BCUT2D eigenvalue weighted by Crippen LogP contribution is -2.24. The van der Waals surface area contributed by atoms with Crippen molar-refractivity contribution in [2.75, 3.05) is 6.54 Å². The van der Waals surface area contributed by atoms with Crippen molar-refractivity contribution in [3.05, 3.63) is 0 Å². The average Bonchev–Trinajstić information content (AvgIpc) is 1.58. The molecule has 0 aromatic rings. The molecule has 4 N–H and O–H groups in total. The van der Waals surface area contributed by atoms with E-state index in [1.54, 1.807) is 6.92 Å². The Balaban J connectivity index is 0. The van der Waals surface area contributed by atoms with E-state index in [9.17, 15) is 0 Å². The lowest BCUT2D eigenvalue weighted by Gasteiger charge is -2.00. The van der Waals surface area contributed by atoms with Crippen LogP contribution in [0, 0.1) is 0 Å². The van der Waals surface area contributed by atoms with Crippen LogP contribution in [0.15, 0.2) is 0 Å². The third kappa shape index (κ3) is 76.3. The average molecular weight is 187 g/mol. The molecule has 0 heterocycles. The van der Waals surface area contributed by atoms with Crippen LogP contribution in [0.2, 0.25) is 0 Å². The Morgan fingerprint density at radius 1 is 1.45 bits per heavy atom. The van der Waals surface area contributed by atoms with Crippen LogP contribution < -0.4 is 5.32 Å². The van der Waals surface area contributed by atoms with Gasteiger partial charge in [0.15, 0.2) is 0 Å². The summed E-state index contributed by atoms with van der Waals surface area (Å²) in [4.78, 5) is 0. The summed E-state index contributed by atoms with van der Waals surface area (Å²) in [6.07, 6.45) is -0.352. The minimum atomic E-state index is -4.67. The summed E-state index contributed by atoms with van der Waals surface area (Å²) >= 11 is 0. The maximum atomic E-state index is 8.74. The van der Waals surface area contributed by atoms with Gasteiger partial charge in [-0.25, -0.2) is 0 Å². The molecule has 6 nitrogen and oxygen atoms in total. The van der Waals surface area contributed by atoms with E-state index < -0.39 is 10.4 Å². The van der Waals surface area contributed by atoms with Gasteiger partial charge in [-0.1, -0.05) is 6.92 Å². The van der Waals surface area contributed by atoms with Crippen LogP contribution in [0.3, 0.4) is 0 Å². The van der Waals surface area contributed by atoms with Gasteiger partial charge in [-0.05, 0) is 13.5 Å². The molecule has 0 aliphatic carbocycles. The van der Waals surface area contributed by atoms with Gasteiger partial charge in [0.1, 0.15) is 6.23 Å². The van der Waals surface area contributed by atoms with Crippen molar-refractivity contribution in [1.82, 2.24) is 5.32 Å². The smallest absolute Gasteiger partial charge is 0.379 e. The number of hydrogen-bond donors (Lipinski definition) is 4. The summed E-state index contributed by atoms with van der Waals surface area (Å²) in [5, 5.41) is 11.2. The molecule has 0 amide bonds. The molecule has 0 aromatic heterocycles. The normalized spacial score (nSPS) is 13.2. The van der Waals surface area contributed by atoms with E-state index in [-0.39, 0.29) is 6.23 Å². The van der Waals surface area contributed by atoms with Crippen molar-refractivity contribution in [3.8, 4) is 0 Å². The van der Waals surface area contributed by atoms with E-state index in [2.05, 4.69) is 5.32 Å². The Morgan fingerprint density at radius 3 is 1.73 bits per heavy atom. The first-order valence-electron chi connectivity index (χ1n) is 2.88. The third-order valence-electron chi connectivity index (χ3n) is 0.500. The molecule has 0 saturated carbocycles. The zero-order chi connectivity index (χ0) is 9.49. The van der Waals surface area contributed by atoms with Crippen LogP contribution in [0.5, 0.6) is 0 Å². The van der Waals surface area contributed by atoms with Gasteiger partial charge in [0.05, 0.1) is 0 Å². The highest BCUT2D eigenvalue weighted by atomic mass is 32.3. The fourth-order valence-electron chi connectivity index (χ4n) is 0.295. The molecule has 0 aliphatic rings. The lowest BCUT2D eigenvalue weighted by molar-refractivity contribution is 0.159. The van der Waals surface area contributed by atoms with Crippen molar-refractivity contribution in [2.45, 2.75) is 20.1 Å². The number of hydrogen-bond acceptors (Lipinski definition) is 4. The van der Waals surface area contributed by atoms with Gasteiger partial charge in [-0.3, -0.25) is 14.4 Å². The molecule has 1 unspecified atom stereocenters. The summed E-state index contributed by atoms with van der Waals surface area (Å²) in [6, 6.07) is 0. The van der Waals surface area contributed by atoms with Crippen molar-refractivity contribution >= 4 is 10.4 Å². The molecular formula is C4H13NO5S. The lowest BCUT2D eigenvalue weighted by atomic mass is 10.6. The van der Waals surface area contributed by atoms with E-state index >= 15 is 0 Å². The molecule has 0 saturated heterocycles. The van der Waals surface area contributed by atoms with Gasteiger partial charge >= 0.3 is 10.4 Å². The second kappa shape index (κ2) is 6.50. The van der Waals surface area contributed by atoms with E-state index in [1.807, 2.05) is 6.92 Å². The Hall–Kier alpha value is -0.210. The Bertz CT molecular complexity index is 155. The molecule has 11 heavy (non-hydrogen) atoms. The number of rotatable bonds is 2. The Labute approximate surface area is 65.8 Å². The predicted molar refractivity (Wildman–Crippen MR) is 39.5 cm³/mol. The highest BCUT2D eigenvalue weighted by Gasteiger charge is 1.84. The standard InChI is InChI=1S/C4H11NO.H2O4S/c1-3-5-4(2)6;1-5(2,3)4/h4-6H,3H2,1-2H3;(H2,1,2,3,4). The van der Waals surface area contributed by atoms with Crippen molar-refractivity contribution in [2.24, 2.45) is 0 Å². The van der Waals surface area contributed by atoms with Crippen molar-refractivity contribution < 1.29 is 22.6 Å². The van der Waals surface area contributed by atoms with Gasteiger partial charge in [-0.15, -0.1) is 0 Å². The topological polar surface area (TPSA) is 107 Å². The Kier molecular flexibility index (Phi) is 7.91. The van der Waals surface area contributed by atoms with Crippen LogP contribution in [0.4, 0.5) is 0 Å². The second-order valence-electron chi connectivity index (χ2n) is 1.68. The quantitative estimate of drug-likeness (QED) is 0.336. The third-order valence-corrected chi connectivity index (χ3v) is 0.500. The summed E-state index contributed by atoms with van der Waals surface area (Å²) in [6.45, 7) is 4.48. The zero-order valence-corrected chi connectivity index (χ0v) is 7.17. The first kappa shape index (κ1) is 13.4. The van der Waals surface area contributed by atoms with E-state index in [0.717, 1.165) is 6.54 Å². The molecule has 0 spiro atoms. The largest absolute Gasteiger partial charge is 0.394 e. The van der Waals surface area contributed by atoms with E-state index in [1.165, 1.54) is 0 Å². The van der Waals surface area contributed by atoms with Crippen LogP contribution in [0.25, 0.3) is 0 Å². The molecule has 0 fully saturated rings. The molecule has 0 bridgehead atoms. The molecule has 70 valence electrons. The fourth-order valence-corrected chi connectivity index (χ4v) is 0.295. The summed E-state index contributed by atoms with van der Waals surface area (Å²) in [5.41, 5.74) is 0. The van der Waals surface area contributed by atoms with Crippen LogP contribution in [-0.4, -0.2) is 35.4 Å². The predicted octanol–water partition coefficient (Wildman–Crippen LogP) is -0.719. The zero-order valence-electron chi connectivity index (χ0n) is 6.35. The fraction of sp³-hybridized carbons (Fsp3) is 1.00. The second-order valence-corrected chi connectivity index (χ2v) is 2.58. The van der Waals surface area contributed by atoms with Gasteiger partial charge in [-0.2, -0.15) is 8.42 Å². The number of nitrogens with one attached hydrogen (secondary N) is 1. The first-order valence-corrected chi connectivity index (χ1v) is 4.28. The molecule has 7 heteroatoms. The number of aliphatic hydroxyl groups is 1. The maximum Gasteiger partial charge on any atom is 0.394 e. The summed E-state index contributed by atoms with van der Waals surface area (Å²) in [7, 11) is -4.67. The van der Waals surface area contributed by atoms with Crippen LogP contribution in [0.1, 0.15) is 13.8 Å². The summed E-state index contributed by atoms with van der Waals surface area (Å²) in [5.74, 6) is 0. The monoisotopic (exact) mass is 187 g/mol. The van der Waals surface area contributed by atoms with Gasteiger partial charge < -0.3 is 5.11 Å². The van der Waals surface area contributed by atoms with Crippen molar-refractivity contribution in [3.63, 3.8) is 0 Å². The maximum absolute atomic E-state index is 8.74. The minimum Gasteiger partial charge on any atom is -0.379 e. The highest BCUT2D eigenvalue weighted by Crippen LogP contribution is 1.65. The molecule has 0 aliphatic heterocycles. The van der Waals surface area contributed by atoms with E-state index in [4.69, 9.17) is 22.6 Å². The van der Waals surface area contributed by atoms with Gasteiger partial charge in [0.25, 0.3) is 0 Å². The summed E-state index contributed by atoms with van der Waals surface area (Å²) < 4.78 is 31.6. The Morgan fingerprint density at radius 2 is 1.73 bits per heavy atom. The molecule has 0 aromatic carbocycles. The molecule has 1 atom stereocenters. The highest BCUT2D eigenvalue weighted by molar-refractivity contribution is 7.79. The SMILES string of the molecule is CCNC(C)O.O=S(=O)(O)O. The minimum absolute atomic E-state index is 0.352. The van der Waals surface area contributed by atoms with E-state index in [0.29, 0.717) is 0 Å². The van der Waals surface area contributed by atoms with Gasteiger partial charge in [0, 0.05) is 0 Å². The first-order chi connectivity index (χ1) is 4.77. The number of aliphatic hydroxyl groups excluding tert-OH is 1. The van der Waals surface area contributed by atoms with Gasteiger partial charge in [0.2, 0.25) is 0 Å². The molecule has 0 rings (SSSR count). The molecular weight excluding hydrogens is 174 g/mol.